The van der Waals surface area contributed by atoms with Crippen molar-refractivity contribution in [3.05, 3.63) is 66.0 Å². The Hall–Kier alpha value is -3.47. The Labute approximate surface area is 221 Å². The number of aromatic nitrogens is 1. The van der Waals surface area contributed by atoms with Crippen molar-refractivity contribution in [2.75, 3.05) is 35.6 Å². The Bertz CT molecular complexity index is 1500. The highest BCUT2D eigenvalue weighted by Gasteiger charge is 2.19. The van der Waals surface area contributed by atoms with E-state index in [0.717, 1.165) is 35.9 Å². The van der Waals surface area contributed by atoms with Gasteiger partial charge in [0.25, 0.3) is 10.0 Å². The van der Waals surface area contributed by atoms with Gasteiger partial charge in [-0.3, -0.25) is 9.52 Å². The molecule has 8 nitrogen and oxygen atoms in total. The van der Waals surface area contributed by atoms with Crippen LogP contribution in [-0.4, -0.2) is 39.9 Å². The Morgan fingerprint density at radius 3 is 2.54 bits per heavy atom. The summed E-state index contributed by atoms with van der Waals surface area (Å²) in [4.78, 5) is 18.8. The predicted molar refractivity (Wildman–Crippen MR) is 153 cm³/mol. The van der Waals surface area contributed by atoms with Crippen LogP contribution in [0.1, 0.15) is 25.7 Å². The van der Waals surface area contributed by atoms with Crippen LogP contribution in [0.2, 0.25) is 0 Å². The smallest absolute Gasteiger partial charge is 0.262 e. The number of thiazole rings is 1. The fourth-order valence-corrected chi connectivity index (χ4v) is 6.10. The molecular weight excluding hydrogens is 506 g/mol. The van der Waals surface area contributed by atoms with Crippen LogP contribution in [0, 0.1) is 0 Å². The van der Waals surface area contributed by atoms with Crippen LogP contribution >= 0.6 is 11.3 Å². The second-order valence-corrected chi connectivity index (χ2v) is 11.4. The number of rotatable bonds is 11. The number of hydrogen-bond donors (Lipinski definition) is 3. The molecule has 0 spiro atoms. The van der Waals surface area contributed by atoms with Crippen molar-refractivity contribution in [1.82, 2.24) is 4.98 Å². The average molecular weight is 538 g/mol. The van der Waals surface area contributed by atoms with E-state index in [1.165, 1.54) is 11.3 Å². The van der Waals surface area contributed by atoms with Crippen molar-refractivity contribution in [3.63, 3.8) is 0 Å². The number of fused-ring (bicyclic) bond motifs is 1. The van der Waals surface area contributed by atoms with Gasteiger partial charge < -0.3 is 16.0 Å². The van der Waals surface area contributed by atoms with E-state index < -0.39 is 10.0 Å². The zero-order valence-electron chi connectivity index (χ0n) is 20.9. The highest BCUT2D eigenvalue weighted by molar-refractivity contribution is 7.93. The number of nitrogens with one attached hydrogen (secondary N) is 2. The molecule has 0 bridgehead atoms. The SMILES string of the molecule is CN(C)c1cccc2c(S(=O)(=O)Nc3cccc(-c4csc(NC(=O)CCCCCN)n4)c3)cccc12. The third-order valence-electron chi connectivity index (χ3n) is 5.90. The Morgan fingerprint density at radius 1 is 1.00 bits per heavy atom. The minimum Gasteiger partial charge on any atom is -0.377 e. The first kappa shape index (κ1) is 26.6. The van der Waals surface area contributed by atoms with E-state index in [2.05, 4.69) is 15.0 Å². The average Bonchev–Trinajstić information content (AvgIpc) is 3.34. The number of hydrogen-bond acceptors (Lipinski definition) is 7. The van der Waals surface area contributed by atoms with E-state index in [9.17, 15) is 13.2 Å². The molecule has 0 saturated carbocycles. The van der Waals surface area contributed by atoms with E-state index in [0.29, 0.717) is 34.9 Å². The molecule has 0 atom stereocenters. The molecule has 37 heavy (non-hydrogen) atoms. The number of nitrogens with two attached hydrogens (primary N) is 1. The van der Waals surface area contributed by atoms with E-state index in [1.54, 1.807) is 30.3 Å². The van der Waals surface area contributed by atoms with Crippen LogP contribution in [-0.2, 0) is 14.8 Å². The van der Waals surface area contributed by atoms with Gasteiger partial charge in [-0.2, -0.15) is 0 Å². The number of carbonyl (C=O) groups excluding carboxylic acids is 1. The molecule has 0 saturated heterocycles. The lowest BCUT2D eigenvalue weighted by Crippen LogP contribution is -2.14. The second-order valence-electron chi connectivity index (χ2n) is 8.89. The second kappa shape index (κ2) is 11.7. The molecule has 4 aromatic rings. The van der Waals surface area contributed by atoms with Gasteiger partial charge >= 0.3 is 0 Å². The summed E-state index contributed by atoms with van der Waals surface area (Å²) < 4.78 is 29.5. The summed E-state index contributed by atoms with van der Waals surface area (Å²) >= 11 is 1.33. The van der Waals surface area contributed by atoms with Crippen molar-refractivity contribution in [3.8, 4) is 11.3 Å². The number of sulfonamides is 1. The third-order valence-corrected chi connectivity index (χ3v) is 8.10. The maximum absolute atomic E-state index is 13.4. The molecule has 0 unspecified atom stereocenters. The quantitative estimate of drug-likeness (QED) is 0.224. The van der Waals surface area contributed by atoms with Crippen LogP contribution in [0.3, 0.4) is 0 Å². The van der Waals surface area contributed by atoms with Gasteiger partial charge in [-0.15, -0.1) is 11.3 Å². The van der Waals surface area contributed by atoms with Crippen LogP contribution in [0.15, 0.2) is 70.9 Å². The number of amides is 1. The van der Waals surface area contributed by atoms with Crippen molar-refractivity contribution >= 4 is 54.5 Å². The fraction of sp³-hybridized carbons (Fsp3) is 0.259. The molecule has 3 aromatic carbocycles. The van der Waals surface area contributed by atoms with Gasteiger partial charge in [-0.1, -0.05) is 42.8 Å². The first-order valence-electron chi connectivity index (χ1n) is 12.1. The van der Waals surface area contributed by atoms with E-state index in [-0.39, 0.29) is 10.8 Å². The molecule has 0 aliphatic rings. The zero-order chi connectivity index (χ0) is 26.4. The van der Waals surface area contributed by atoms with E-state index >= 15 is 0 Å². The monoisotopic (exact) mass is 537 g/mol. The fourth-order valence-electron chi connectivity index (χ4n) is 4.09. The summed E-state index contributed by atoms with van der Waals surface area (Å²) in [6.45, 7) is 0.631. The number of anilines is 3. The van der Waals surface area contributed by atoms with Gasteiger partial charge in [0, 0.05) is 53.6 Å². The Balaban J connectivity index is 1.52. The third kappa shape index (κ3) is 6.46. The number of nitrogens with zero attached hydrogens (tertiary/aromatic N) is 2. The largest absolute Gasteiger partial charge is 0.377 e. The summed E-state index contributed by atoms with van der Waals surface area (Å²) in [5, 5.41) is 6.70. The minimum atomic E-state index is -3.86. The Kier molecular flexibility index (Phi) is 8.42. The molecule has 4 rings (SSSR count). The summed E-state index contributed by atoms with van der Waals surface area (Å²) in [6, 6.07) is 18.0. The molecule has 4 N–H and O–H groups in total. The highest BCUT2D eigenvalue weighted by atomic mass is 32.2. The van der Waals surface area contributed by atoms with Gasteiger partial charge in [0.2, 0.25) is 5.91 Å². The van der Waals surface area contributed by atoms with Crippen LogP contribution in [0.5, 0.6) is 0 Å². The molecule has 0 radical (unpaired) electrons. The molecule has 194 valence electrons. The number of carbonyl (C=O) groups is 1. The molecule has 1 amide bonds. The summed E-state index contributed by atoms with van der Waals surface area (Å²) in [5.41, 5.74) is 8.26. The van der Waals surface area contributed by atoms with Gasteiger partial charge in [0.15, 0.2) is 5.13 Å². The lowest BCUT2D eigenvalue weighted by atomic mass is 10.1. The first-order valence-corrected chi connectivity index (χ1v) is 14.4. The van der Waals surface area contributed by atoms with Crippen molar-refractivity contribution in [1.29, 1.82) is 0 Å². The topological polar surface area (TPSA) is 117 Å². The molecule has 10 heteroatoms. The molecule has 1 heterocycles. The lowest BCUT2D eigenvalue weighted by molar-refractivity contribution is -0.116. The van der Waals surface area contributed by atoms with Gasteiger partial charge in [0.05, 0.1) is 10.6 Å². The van der Waals surface area contributed by atoms with Crippen LogP contribution in [0.4, 0.5) is 16.5 Å². The summed E-state index contributed by atoms with van der Waals surface area (Å²) in [5.74, 6) is -0.0769. The number of unbranched alkanes of at least 4 members (excludes halogenated alkanes) is 2. The maximum atomic E-state index is 13.4. The maximum Gasteiger partial charge on any atom is 0.262 e. The van der Waals surface area contributed by atoms with Crippen LogP contribution in [0.25, 0.3) is 22.0 Å². The molecule has 0 aliphatic heterocycles. The van der Waals surface area contributed by atoms with E-state index in [4.69, 9.17) is 5.73 Å². The summed E-state index contributed by atoms with van der Waals surface area (Å²) in [6.07, 6.45) is 3.05. The molecule has 0 aliphatic carbocycles. The highest BCUT2D eigenvalue weighted by Crippen LogP contribution is 2.32. The van der Waals surface area contributed by atoms with Crippen molar-refractivity contribution < 1.29 is 13.2 Å². The zero-order valence-corrected chi connectivity index (χ0v) is 22.5. The van der Waals surface area contributed by atoms with Gasteiger partial charge in [-0.05, 0) is 43.7 Å². The van der Waals surface area contributed by atoms with Gasteiger partial charge in [-0.25, -0.2) is 13.4 Å². The normalized spacial score (nSPS) is 11.4. The van der Waals surface area contributed by atoms with Crippen molar-refractivity contribution in [2.24, 2.45) is 5.73 Å². The Morgan fingerprint density at radius 2 is 1.76 bits per heavy atom. The molecule has 1 aromatic heterocycles. The summed E-state index contributed by atoms with van der Waals surface area (Å²) in [7, 11) is 0.00170. The first-order chi connectivity index (χ1) is 17.8. The minimum absolute atomic E-state index is 0.0769. The lowest BCUT2D eigenvalue weighted by Gasteiger charge is -2.17. The van der Waals surface area contributed by atoms with Crippen LogP contribution < -0.4 is 20.7 Å². The molecular formula is C27H31N5O3S2. The predicted octanol–water partition coefficient (Wildman–Crippen LogP) is 5.29. The van der Waals surface area contributed by atoms with Gasteiger partial charge in [0.1, 0.15) is 0 Å². The standard InChI is InChI=1S/C27H31N5O3S2/c1-32(2)24-13-7-12-22-21(24)11-8-14-25(22)37(34,35)31-20-10-6-9-19(17-20)23-18-36-27(29-23)30-26(33)15-4-3-5-16-28/h6-14,17-18,31H,3-5,15-16,28H2,1-2H3,(H,29,30,33). The van der Waals surface area contributed by atoms with E-state index in [1.807, 2.05) is 54.7 Å². The molecule has 0 fully saturated rings. The number of benzene rings is 3. The van der Waals surface area contributed by atoms with Crippen molar-refractivity contribution in [2.45, 2.75) is 30.6 Å².